The zero-order valence-electron chi connectivity index (χ0n) is 15.3. The van der Waals surface area contributed by atoms with Gasteiger partial charge in [0.15, 0.2) is 0 Å². The molecule has 2 aromatic carbocycles. The number of aromatic hydroxyl groups is 2. The van der Waals surface area contributed by atoms with Crippen LogP contribution >= 0.6 is 0 Å². The van der Waals surface area contributed by atoms with Crippen molar-refractivity contribution in [2.75, 3.05) is 14.2 Å². The summed E-state index contributed by atoms with van der Waals surface area (Å²) in [5.41, 5.74) is 3.30. The molecule has 3 rings (SSSR count). The van der Waals surface area contributed by atoms with Crippen molar-refractivity contribution in [1.29, 1.82) is 0 Å². The molecular formula is C21H22O5. The Morgan fingerprint density at radius 2 is 1.81 bits per heavy atom. The van der Waals surface area contributed by atoms with Crippen molar-refractivity contribution in [3.63, 3.8) is 0 Å². The van der Waals surface area contributed by atoms with E-state index in [0.29, 0.717) is 40.2 Å². The molecule has 0 spiro atoms. The highest BCUT2D eigenvalue weighted by Gasteiger charge is 2.18. The number of phenolic OH excluding ortho intramolecular Hbond substituents is 2. The second kappa shape index (κ2) is 7.04. The Morgan fingerprint density at radius 3 is 2.46 bits per heavy atom. The molecule has 0 aliphatic heterocycles. The molecule has 0 bridgehead atoms. The first kappa shape index (κ1) is 17.7. The van der Waals surface area contributed by atoms with Crippen molar-refractivity contribution in [2.24, 2.45) is 0 Å². The summed E-state index contributed by atoms with van der Waals surface area (Å²) in [5, 5.41) is 20.9. The Morgan fingerprint density at radius 1 is 1.04 bits per heavy atom. The third-order valence-electron chi connectivity index (χ3n) is 4.22. The summed E-state index contributed by atoms with van der Waals surface area (Å²) in [7, 11) is 3.10. The standard InChI is InChI=1S/C21H22O5/c1-12(2)5-6-15-16(7-13(22)8-19(15)25-4)21-11-17-18(23)9-14(24-3)10-20(17)26-21/h5,7-11,22-23H,6H2,1-4H3. The van der Waals surface area contributed by atoms with Gasteiger partial charge in [-0.2, -0.15) is 0 Å². The second-order valence-corrected chi connectivity index (χ2v) is 6.33. The minimum atomic E-state index is 0.0762. The van der Waals surface area contributed by atoms with Gasteiger partial charge < -0.3 is 24.1 Å². The SMILES string of the molecule is COc1cc(O)c2cc(-c3cc(O)cc(OC)c3CC=C(C)C)oc2c1. The number of fused-ring (bicyclic) bond motifs is 1. The molecule has 0 saturated heterocycles. The van der Waals surface area contributed by atoms with E-state index in [-0.39, 0.29) is 11.5 Å². The molecule has 2 N–H and O–H groups in total. The van der Waals surface area contributed by atoms with Crippen LogP contribution in [0.25, 0.3) is 22.3 Å². The number of hydrogen-bond acceptors (Lipinski definition) is 5. The van der Waals surface area contributed by atoms with Gasteiger partial charge in [0.05, 0.1) is 19.6 Å². The van der Waals surface area contributed by atoms with Crippen LogP contribution in [0.15, 0.2) is 46.4 Å². The minimum absolute atomic E-state index is 0.0762. The first-order valence-electron chi connectivity index (χ1n) is 8.27. The summed E-state index contributed by atoms with van der Waals surface area (Å²) in [6.45, 7) is 4.05. The molecular weight excluding hydrogens is 332 g/mol. The lowest BCUT2D eigenvalue weighted by molar-refractivity contribution is 0.403. The quantitative estimate of drug-likeness (QED) is 0.628. The molecule has 0 aliphatic carbocycles. The largest absolute Gasteiger partial charge is 0.508 e. The molecule has 1 heterocycles. The monoisotopic (exact) mass is 354 g/mol. The minimum Gasteiger partial charge on any atom is -0.508 e. The maximum absolute atomic E-state index is 10.2. The third kappa shape index (κ3) is 3.33. The molecule has 3 aromatic rings. The van der Waals surface area contributed by atoms with E-state index in [9.17, 15) is 10.2 Å². The fourth-order valence-corrected chi connectivity index (χ4v) is 2.90. The van der Waals surface area contributed by atoms with Crippen LogP contribution < -0.4 is 9.47 Å². The van der Waals surface area contributed by atoms with Crippen LogP contribution in [0.1, 0.15) is 19.4 Å². The number of benzene rings is 2. The lowest BCUT2D eigenvalue weighted by Gasteiger charge is -2.12. The van der Waals surface area contributed by atoms with E-state index >= 15 is 0 Å². The van der Waals surface area contributed by atoms with Gasteiger partial charge in [0.1, 0.15) is 34.3 Å². The van der Waals surface area contributed by atoms with E-state index in [0.717, 1.165) is 5.56 Å². The van der Waals surface area contributed by atoms with Crippen molar-refractivity contribution in [3.8, 4) is 34.3 Å². The van der Waals surface area contributed by atoms with Gasteiger partial charge in [-0.25, -0.2) is 0 Å². The van der Waals surface area contributed by atoms with Crippen molar-refractivity contribution >= 4 is 11.0 Å². The summed E-state index contributed by atoms with van der Waals surface area (Å²) in [5.74, 6) is 1.79. The molecule has 0 amide bonds. The number of phenols is 2. The lowest BCUT2D eigenvalue weighted by atomic mass is 9.99. The van der Waals surface area contributed by atoms with E-state index in [2.05, 4.69) is 6.08 Å². The fourth-order valence-electron chi connectivity index (χ4n) is 2.90. The molecule has 0 radical (unpaired) electrons. The Labute approximate surface area is 152 Å². The lowest BCUT2D eigenvalue weighted by Crippen LogP contribution is -1.95. The topological polar surface area (TPSA) is 72.1 Å². The molecule has 5 nitrogen and oxygen atoms in total. The Bertz CT molecular complexity index is 978. The van der Waals surface area contributed by atoms with Gasteiger partial charge in [0, 0.05) is 29.3 Å². The third-order valence-corrected chi connectivity index (χ3v) is 4.22. The summed E-state index contributed by atoms with van der Waals surface area (Å²) < 4.78 is 16.6. The van der Waals surface area contributed by atoms with Gasteiger partial charge >= 0.3 is 0 Å². The summed E-state index contributed by atoms with van der Waals surface area (Å²) >= 11 is 0. The molecule has 136 valence electrons. The molecule has 0 fully saturated rings. The molecule has 0 aliphatic rings. The van der Waals surface area contributed by atoms with Gasteiger partial charge in [0.25, 0.3) is 0 Å². The summed E-state index contributed by atoms with van der Waals surface area (Å²) in [6, 6.07) is 8.23. The summed E-state index contributed by atoms with van der Waals surface area (Å²) in [4.78, 5) is 0. The summed E-state index contributed by atoms with van der Waals surface area (Å²) in [6.07, 6.45) is 2.72. The highest BCUT2D eigenvalue weighted by atomic mass is 16.5. The van der Waals surface area contributed by atoms with Gasteiger partial charge in [-0.3, -0.25) is 0 Å². The first-order chi connectivity index (χ1) is 12.4. The van der Waals surface area contributed by atoms with Gasteiger partial charge in [-0.1, -0.05) is 11.6 Å². The highest BCUT2D eigenvalue weighted by Crippen LogP contribution is 2.40. The number of allylic oxidation sites excluding steroid dienone is 2. The van der Waals surface area contributed by atoms with Gasteiger partial charge in [0.2, 0.25) is 0 Å². The molecule has 5 heteroatoms. The van der Waals surface area contributed by atoms with Crippen LogP contribution in [0, 0.1) is 0 Å². The Balaban J connectivity index is 2.22. The number of rotatable bonds is 5. The van der Waals surface area contributed by atoms with Crippen LogP contribution in [-0.4, -0.2) is 24.4 Å². The molecule has 0 saturated carbocycles. The second-order valence-electron chi connectivity index (χ2n) is 6.33. The van der Waals surface area contributed by atoms with Crippen molar-refractivity contribution in [2.45, 2.75) is 20.3 Å². The van der Waals surface area contributed by atoms with E-state index in [4.69, 9.17) is 13.9 Å². The highest BCUT2D eigenvalue weighted by molar-refractivity contribution is 5.90. The molecule has 0 unspecified atom stereocenters. The number of ether oxygens (including phenoxy) is 2. The van der Waals surface area contributed by atoms with Crippen LogP contribution in [0.5, 0.6) is 23.0 Å². The van der Waals surface area contributed by atoms with Crippen molar-refractivity contribution in [3.05, 3.63) is 47.5 Å². The number of hydrogen-bond donors (Lipinski definition) is 2. The van der Waals surface area contributed by atoms with Gasteiger partial charge in [-0.05, 0) is 32.4 Å². The zero-order valence-corrected chi connectivity index (χ0v) is 15.3. The van der Waals surface area contributed by atoms with E-state index in [1.165, 1.54) is 18.7 Å². The van der Waals surface area contributed by atoms with Crippen molar-refractivity contribution < 1.29 is 24.1 Å². The van der Waals surface area contributed by atoms with Crippen molar-refractivity contribution in [1.82, 2.24) is 0 Å². The molecule has 1 aromatic heterocycles. The van der Waals surface area contributed by atoms with Crippen LogP contribution in [0.4, 0.5) is 0 Å². The number of furan rings is 1. The maximum atomic E-state index is 10.2. The van der Waals surface area contributed by atoms with Crippen LogP contribution in [0.2, 0.25) is 0 Å². The van der Waals surface area contributed by atoms with E-state index in [1.807, 2.05) is 13.8 Å². The smallest absolute Gasteiger partial charge is 0.142 e. The molecule has 0 atom stereocenters. The van der Waals surface area contributed by atoms with E-state index in [1.54, 1.807) is 31.4 Å². The Hall–Kier alpha value is -3.08. The maximum Gasteiger partial charge on any atom is 0.142 e. The normalized spacial score (nSPS) is 10.8. The van der Waals surface area contributed by atoms with Gasteiger partial charge in [-0.15, -0.1) is 0 Å². The van der Waals surface area contributed by atoms with Crippen LogP contribution in [-0.2, 0) is 6.42 Å². The molecule has 26 heavy (non-hydrogen) atoms. The first-order valence-corrected chi connectivity index (χ1v) is 8.27. The van der Waals surface area contributed by atoms with Crippen LogP contribution in [0.3, 0.4) is 0 Å². The Kier molecular flexibility index (Phi) is 4.80. The average molecular weight is 354 g/mol. The van der Waals surface area contributed by atoms with E-state index < -0.39 is 0 Å². The predicted octanol–water partition coefficient (Wildman–Crippen LogP) is 5.04. The zero-order chi connectivity index (χ0) is 18.8. The fraction of sp³-hybridized carbons (Fsp3) is 0.238. The average Bonchev–Trinajstić information content (AvgIpc) is 3.04. The predicted molar refractivity (Wildman–Crippen MR) is 101 cm³/mol. The number of methoxy groups -OCH3 is 2.